The Hall–Kier alpha value is -2.31. The molecular formula is C22H24BrNO4. The van der Waals surface area contributed by atoms with Crippen LogP contribution in [0, 0.1) is 0 Å². The zero-order valence-corrected chi connectivity index (χ0v) is 17.7. The van der Waals surface area contributed by atoms with Gasteiger partial charge in [-0.2, -0.15) is 0 Å². The third kappa shape index (κ3) is 4.94. The molecule has 0 bridgehead atoms. The van der Waals surface area contributed by atoms with Gasteiger partial charge in [0.25, 0.3) is 0 Å². The number of carbonyl (C=O) groups is 1. The van der Waals surface area contributed by atoms with Crippen LogP contribution < -0.4 is 14.4 Å². The fourth-order valence-corrected chi connectivity index (χ4v) is 3.69. The van der Waals surface area contributed by atoms with E-state index in [4.69, 9.17) is 14.2 Å². The number of halogens is 1. The summed E-state index contributed by atoms with van der Waals surface area (Å²) in [6.07, 6.45) is 3.36. The van der Waals surface area contributed by atoms with Gasteiger partial charge in [0.2, 0.25) is 0 Å². The minimum Gasteiger partial charge on any atom is -0.492 e. The highest BCUT2D eigenvalue weighted by Crippen LogP contribution is 2.37. The summed E-state index contributed by atoms with van der Waals surface area (Å²) in [4.78, 5) is 14.8. The highest BCUT2D eigenvalue weighted by molar-refractivity contribution is 9.10. The normalized spacial score (nSPS) is 14.3. The molecular weight excluding hydrogens is 422 g/mol. The summed E-state index contributed by atoms with van der Waals surface area (Å²) >= 11 is 3.49. The summed E-state index contributed by atoms with van der Waals surface area (Å²) in [7, 11) is 1.60. The van der Waals surface area contributed by atoms with Gasteiger partial charge in [0, 0.05) is 24.3 Å². The van der Waals surface area contributed by atoms with Gasteiger partial charge in [-0.1, -0.05) is 6.08 Å². The molecule has 0 N–H and O–H groups in total. The van der Waals surface area contributed by atoms with Gasteiger partial charge in [-0.25, -0.2) is 0 Å². The van der Waals surface area contributed by atoms with Crippen molar-refractivity contribution in [3.63, 3.8) is 0 Å². The lowest BCUT2D eigenvalue weighted by atomic mass is 10.1. The highest BCUT2D eigenvalue weighted by Gasteiger charge is 2.12. The SMILES string of the molecule is CCOc1cc(/C=C/C(=O)c2ccc(N3CCOCC3)cc2)cc(Br)c1OC. The van der Waals surface area contributed by atoms with E-state index in [0.717, 1.165) is 42.0 Å². The molecule has 0 amide bonds. The Kier molecular flexibility index (Phi) is 7.12. The van der Waals surface area contributed by atoms with Crippen LogP contribution in [0.15, 0.2) is 46.9 Å². The lowest BCUT2D eigenvalue weighted by Gasteiger charge is -2.28. The summed E-state index contributed by atoms with van der Waals surface area (Å²) in [6.45, 7) is 5.68. The minimum absolute atomic E-state index is 0.0431. The van der Waals surface area contributed by atoms with Gasteiger partial charge < -0.3 is 19.1 Å². The van der Waals surface area contributed by atoms with Crippen molar-refractivity contribution in [3.8, 4) is 11.5 Å². The van der Waals surface area contributed by atoms with E-state index >= 15 is 0 Å². The Morgan fingerprint density at radius 2 is 1.93 bits per heavy atom. The van der Waals surface area contributed by atoms with Crippen LogP contribution >= 0.6 is 15.9 Å². The molecule has 1 heterocycles. The van der Waals surface area contributed by atoms with Gasteiger partial charge in [-0.3, -0.25) is 4.79 Å². The summed E-state index contributed by atoms with van der Waals surface area (Å²) in [5, 5.41) is 0. The zero-order chi connectivity index (χ0) is 19.9. The molecule has 28 heavy (non-hydrogen) atoms. The van der Waals surface area contributed by atoms with Crippen LogP contribution in [0.1, 0.15) is 22.8 Å². The second-order valence-corrected chi connectivity index (χ2v) is 7.17. The van der Waals surface area contributed by atoms with E-state index in [2.05, 4.69) is 20.8 Å². The number of anilines is 1. The molecule has 0 saturated carbocycles. The Labute approximate surface area is 174 Å². The van der Waals surface area contributed by atoms with Crippen LogP contribution in [0.5, 0.6) is 11.5 Å². The van der Waals surface area contributed by atoms with Crippen LogP contribution in [0.25, 0.3) is 6.08 Å². The molecule has 1 aliphatic heterocycles. The summed E-state index contributed by atoms with van der Waals surface area (Å²) in [5.41, 5.74) is 2.63. The number of morpholine rings is 1. The van der Waals surface area contributed by atoms with Gasteiger partial charge in [-0.05, 0) is 70.9 Å². The maximum absolute atomic E-state index is 12.5. The molecule has 1 saturated heterocycles. The second kappa shape index (κ2) is 9.75. The second-order valence-electron chi connectivity index (χ2n) is 6.31. The number of carbonyl (C=O) groups excluding carboxylic acids is 1. The fraction of sp³-hybridized carbons (Fsp3) is 0.318. The van der Waals surface area contributed by atoms with Crippen molar-refractivity contribution >= 4 is 33.5 Å². The average Bonchev–Trinajstić information content (AvgIpc) is 2.73. The van der Waals surface area contributed by atoms with Gasteiger partial charge in [0.15, 0.2) is 17.3 Å². The Morgan fingerprint density at radius 1 is 1.21 bits per heavy atom. The maximum Gasteiger partial charge on any atom is 0.185 e. The molecule has 0 spiro atoms. The van der Waals surface area contributed by atoms with Crippen molar-refractivity contribution < 1.29 is 19.0 Å². The molecule has 2 aromatic rings. The number of hydrogen-bond donors (Lipinski definition) is 0. The van der Waals surface area contributed by atoms with E-state index in [9.17, 15) is 4.79 Å². The van der Waals surface area contributed by atoms with Crippen molar-refractivity contribution in [2.75, 3.05) is 44.9 Å². The molecule has 2 aromatic carbocycles. The van der Waals surface area contributed by atoms with Gasteiger partial charge >= 0.3 is 0 Å². The van der Waals surface area contributed by atoms with Crippen molar-refractivity contribution in [2.45, 2.75) is 6.92 Å². The largest absolute Gasteiger partial charge is 0.492 e. The molecule has 1 fully saturated rings. The smallest absolute Gasteiger partial charge is 0.185 e. The van der Waals surface area contributed by atoms with E-state index in [0.29, 0.717) is 23.7 Å². The minimum atomic E-state index is -0.0431. The van der Waals surface area contributed by atoms with E-state index in [-0.39, 0.29) is 5.78 Å². The lowest BCUT2D eigenvalue weighted by molar-refractivity contribution is 0.104. The number of rotatable bonds is 7. The number of benzene rings is 2. The number of allylic oxidation sites excluding steroid dienone is 1. The Bertz CT molecular complexity index is 842. The van der Waals surface area contributed by atoms with Crippen LogP contribution in [0.2, 0.25) is 0 Å². The molecule has 0 radical (unpaired) electrons. The number of ketones is 1. The number of methoxy groups -OCH3 is 1. The van der Waals surface area contributed by atoms with E-state index < -0.39 is 0 Å². The third-order valence-electron chi connectivity index (χ3n) is 4.49. The molecule has 0 unspecified atom stereocenters. The van der Waals surface area contributed by atoms with E-state index in [1.54, 1.807) is 19.3 Å². The van der Waals surface area contributed by atoms with Crippen LogP contribution in [0.3, 0.4) is 0 Å². The summed E-state index contributed by atoms with van der Waals surface area (Å²) < 4.78 is 17.1. The molecule has 5 nitrogen and oxygen atoms in total. The van der Waals surface area contributed by atoms with Crippen molar-refractivity contribution in [2.24, 2.45) is 0 Å². The molecule has 0 aromatic heterocycles. The monoisotopic (exact) mass is 445 g/mol. The first-order chi connectivity index (χ1) is 13.6. The van der Waals surface area contributed by atoms with Crippen molar-refractivity contribution in [1.82, 2.24) is 0 Å². The van der Waals surface area contributed by atoms with E-state index in [1.807, 2.05) is 43.3 Å². The van der Waals surface area contributed by atoms with Crippen molar-refractivity contribution in [1.29, 1.82) is 0 Å². The summed E-state index contributed by atoms with van der Waals surface area (Å²) in [5.74, 6) is 1.24. The predicted octanol–water partition coefficient (Wildman–Crippen LogP) is 4.59. The van der Waals surface area contributed by atoms with Gasteiger partial charge in [-0.15, -0.1) is 0 Å². The third-order valence-corrected chi connectivity index (χ3v) is 5.08. The van der Waals surface area contributed by atoms with E-state index in [1.165, 1.54) is 0 Å². The van der Waals surface area contributed by atoms with Crippen molar-refractivity contribution in [3.05, 3.63) is 58.1 Å². The standard InChI is InChI=1S/C22H24BrNO4/c1-3-28-21-15-16(14-19(23)22(21)26-2)4-9-20(25)17-5-7-18(8-6-17)24-10-12-27-13-11-24/h4-9,14-15H,3,10-13H2,1-2H3/b9-4+. The average molecular weight is 446 g/mol. The van der Waals surface area contributed by atoms with Crippen LogP contribution in [-0.4, -0.2) is 45.8 Å². The predicted molar refractivity (Wildman–Crippen MR) is 115 cm³/mol. The molecule has 3 rings (SSSR count). The van der Waals surface area contributed by atoms with Crippen LogP contribution in [-0.2, 0) is 4.74 Å². The van der Waals surface area contributed by atoms with Gasteiger partial charge in [0.05, 0.1) is 31.4 Å². The number of hydrogen-bond acceptors (Lipinski definition) is 5. The molecule has 6 heteroatoms. The fourth-order valence-electron chi connectivity index (χ4n) is 3.07. The first kappa shape index (κ1) is 20.4. The zero-order valence-electron chi connectivity index (χ0n) is 16.1. The van der Waals surface area contributed by atoms with Crippen LogP contribution in [0.4, 0.5) is 5.69 Å². The first-order valence-corrected chi connectivity index (χ1v) is 10.1. The number of ether oxygens (including phenoxy) is 3. The molecule has 1 aliphatic rings. The lowest BCUT2D eigenvalue weighted by Crippen LogP contribution is -2.36. The molecule has 0 atom stereocenters. The Morgan fingerprint density at radius 3 is 2.57 bits per heavy atom. The molecule has 0 aliphatic carbocycles. The highest BCUT2D eigenvalue weighted by atomic mass is 79.9. The summed E-state index contributed by atoms with van der Waals surface area (Å²) in [6, 6.07) is 11.5. The van der Waals surface area contributed by atoms with Gasteiger partial charge in [0.1, 0.15) is 0 Å². The first-order valence-electron chi connectivity index (χ1n) is 9.28. The Balaban J connectivity index is 1.72. The number of nitrogens with zero attached hydrogens (tertiary/aromatic N) is 1. The molecule has 148 valence electrons. The maximum atomic E-state index is 12.5. The topological polar surface area (TPSA) is 48.0 Å². The quantitative estimate of drug-likeness (QED) is 0.460.